The average Bonchev–Trinajstić information content (AvgIpc) is 2.94. The van der Waals surface area contributed by atoms with Gasteiger partial charge in [0.25, 0.3) is 0 Å². The molecule has 0 saturated heterocycles. The molecule has 0 radical (unpaired) electrons. The summed E-state index contributed by atoms with van der Waals surface area (Å²) in [4.78, 5) is 22.6. The summed E-state index contributed by atoms with van der Waals surface area (Å²) >= 11 is 0. The van der Waals surface area contributed by atoms with Crippen LogP contribution in [0.25, 0.3) is 22.3 Å². The number of carboxylic acid groups (broad SMARTS) is 2. The van der Waals surface area contributed by atoms with E-state index in [1.165, 1.54) is 13.0 Å². The first-order valence-corrected chi connectivity index (χ1v) is 7.22. The Bertz CT molecular complexity index is 910. The van der Waals surface area contributed by atoms with Crippen LogP contribution in [0.1, 0.15) is 17.3 Å². The fraction of sp³-hybridized carbons (Fsp3) is 0.111. The topological polar surface area (TPSA) is 97.0 Å². The van der Waals surface area contributed by atoms with Gasteiger partial charge in [0.15, 0.2) is 6.10 Å². The van der Waals surface area contributed by atoms with E-state index in [0.29, 0.717) is 16.5 Å². The number of aliphatic carboxylic acids is 1. The summed E-state index contributed by atoms with van der Waals surface area (Å²) in [6.07, 6.45) is -1.05. The van der Waals surface area contributed by atoms with Crippen LogP contribution in [-0.2, 0) is 4.79 Å². The van der Waals surface area contributed by atoms with E-state index in [-0.39, 0.29) is 17.1 Å². The van der Waals surface area contributed by atoms with E-state index < -0.39 is 18.0 Å². The molecule has 1 atom stereocenters. The molecule has 0 spiro atoms. The summed E-state index contributed by atoms with van der Waals surface area (Å²) in [5.74, 6) is -1.72. The highest BCUT2D eigenvalue weighted by Crippen LogP contribution is 2.35. The Morgan fingerprint density at radius 2 is 1.79 bits per heavy atom. The second-order valence-corrected chi connectivity index (χ2v) is 5.23. The molecule has 122 valence electrons. The van der Waals surface area contributed by atoms with Crippen LogP contribution in [0.4, 0.5) is 0 Å². The lowest BCUT2D eigenvalue weighted by atomic mass is 10.1. The number of rotatable bonds is 5. The van der Waals surface area contributed by atoms with Crippen molar-refractivity contribution in [2.45, 2.75) is 13.0 Å². The average molecular weight is 326 g/mol. The zero-order chi connectivity index (χ0) is 17.3. The summed E-state index contributed by atoms with van der Waals surface area (Å²) < 4.78 is 11.0. The van der Waals surface area contributed by atoms with Crippen LogP contribution in [0.5, 0.6) is 5.75 Å². The van der Waals surface area contributed by atoms with Gasteiger partial charge in [-0.2, -0.15) is 0 Å². The van der Waals surface area contributed by atoms with Crippen LogP contribution < -0.4 is 4.74 Å². The van der Waals surface area contributed by atoms with Crippen LogP contribution in [-0.4, -0.2) is 28.3 Å². The molecule has 0 saturated carbocycles. The molecule has 2 aromatic carbocycles. The van der Waals surface area contributed by atoms with Crippen molar-refractivity contribution in [3.63, 3.8) is 0 Å². The van der Waals surface area contributed by atoms with E-state index in [4.69, 9.17) is 14.3 Å². The predicted octanol–water partition coefficient (Wildman–Crippen LogP) is 3.65. The van der Waals surface area contributed by atoms with Crippen LogP contribution in [0.15, 0.2) is 52.9 Å². The molecule has 6 nitrogen and oxygen atoms in total. The monoisotopic (exact) mass is 326 g/mol. The van der Waals surface area contributed by atoms with E-state index >= 15 is 0 Å². The molecule has 24 heavy (non-hydrogen) atoms. The molecular formula is C18H14O6. The Labute approximate surface area is 136 Å². The predicted molar refractivity (Wildman–Crippen MR) is 86.3 cm³/mol. The third-order valence-electron chi connectivity index (χ3n) is 3.57. The number of fused-ring (bicyclic) bond motifs is 1. The van der Waals surface area contributed by atoms with Crippen LogP contribution >= 0.6 is 0 Å². The Balaban J connectivity index is 2.14. The third kappa shape index (κ3) is 2.81. The van der Waals surface area contributed by atoms with Crippen LogP contribution in [0.2, 0.25) is 0 Å². The number of aromatic carboxylic acids is 1. The molecular weight excluding hydrogens is 312 g/mol. The van der Waals surface area contributed by atoms with Crippen molar-refractivity contribution in [1.29, 1.82) is 0 Å². The highest BCUT2D eigenvalue weighted by molar-refractivity contribution is 6.08. The number of ether oxygens (including phenoxy) is 1. The van der Waals surface area contributed by atoms with Gasteiger partial charge in [-0.05, 0) is 25.1 Å². The van der Waals surface area contributed by atoms with Crippen molar-refractivity contribution < 1.29 is 29.0 Å². The summed E-state index contributed by atoms with van der Waals surface area (Å²) in [6, 6.07) is 13.5. The first kappa shape index (κ1) is 15.6. The minimum absolute atomic E-state index is 0.0182. The molecule has 2 N–H and O–H groups in total. The van der Waals surface area contributed by atoms with Gasteiger partial charge in [0.1, 0.15) is 22.7 Å². The maximum Gasteiger partial charge on any atom is 0.344 e. The SMILES string of the molecule is C[C@@H](Oc1ccc2oc(-c3ccccc3)c(C(=O)O)c2c1)C(=O)O. The smallest absolute Gasteiger partial charge is 0.344 e. The standard InChI is InChI=1S/C18H14O6/c1-10(17(19)20)23-12-7-8-14-13(9-12)15(18(21)22)16(24-14)11-5-3-2-4-6-11/h2-10H,1H3,(H,19,20)(H,21,22)/t10-/m1/s1. The van der Waals surface area contributed by atoms with Gasteiger partial charge in [0.2, 0.25) is 0 Å². The van der Waals surface area contributed by atoms with Gasteiger partial charge in [-0.25, -0.2) is 9.59 Å². The minimum atomic E-state index is -1.13. The molecule has 6 heteroatoms. The molecule has 1 heterocycles. The summed E-state index contributed by atoms with van der Waals surface area (Å²) in [7, 11) is 0. The largest absolute Gasteiger partial charge is 0.479 e. The zero-order valence-electron chi connectivity index (χ0n) is 12.7. The molecule has 3 aromatic rings. The van der Waals surface area contributed by atoms with E-state index in [2.05, 4.69) is 0 Å². The maximum absolute atomic E-state index is 11.7. The van der Waals surface area contributed by atoms with Crippen molar-refractivity contribution in [3.8, 4) is 17.1 Å². The molecule has 3 rings (SSSR count). The molecule has 0 unspecified atom stereocenters. The van der Waals surface area contributed by atoms with Crippen molar-refractivity contribution in [3.05, 3.63) is 54.1 Å². The van der Waals surface area contributed by atoms with Crippen molar-refractivity contribution in [2.24, 2.45) is 0 Å². The number of furan rings is 1. The highest BCUT2D eigenvalue weighted by atomic mass is 16.5. The number of carbonyl (C=O) groups is 2. The molecule has 1 aromatic heterocycles. The molecule has 0 fully saturated rings. The lowest BCUT2D eigenvalue weighted by Gasteiger charge is -2.09. The van der Waals surface area contributed by atoms with Gasteiger partial charge in [-0.3, -0.25) is 0 Å². The molecule has 0 amide bonds. The first-order valence-electron chi connectivity index (χ1n) is 7.22. The Kier molecular flexibility index (Phi) is 3.95. The number of benzene rings is 2. The van der Waals surface area contributed by atoms with Crippen molar-refractivity contribution in [1.82, 2.24) is 0 Å². The van der Waals surface area contributed by atoms with Crippen LogP contribution in [0.3, 0.4) is 0 Å². The fourth-order valence-electron chi connectivity index (χ4n) is 2.41. The quantitative estimate of drug-likeness (QED) is 0.743. The Morgan fingerprint density at radius 3 is 2.42 bits per heavy atom. The van der Waals surface area contributed by atoms with Gasteiger partial charge < -0.3 is 19.4 Å². The molecule has 0 bridgehead atoms. The van der Waals surface area contributed by atoms with Gasteiger partial charge in [-0.15, -0.1) is 0 Å². The first-order chi connectivity index (χ1) is 11.5. The second-order valence-electron chi connectivity index (χ2n) is 5.23. The van der Waals surface area contributed by atoms with E-state index in [1.54, 1.807) is 36.4 Å². The normalized spacial score (nSPS) is 12.0. The number of hydrogen-bond acceptors (Lipinski definition) is 4. The van der Waals surface area contributed by atoms with E-state index in [9.17, 15) is 14.7 Å². The van der Waals surface area contributed by atoms with E-state index in [1.807, 2.05) is 6.07 Å². The summed E-state index contributed by atoms with van der Waals surface area (Å²) in [6.45, 7) is 1.40. The zero-order valence-corrected chi connectivity index (χ0v) is 12.7. The number of carboxylic acids is 2. The molecule has 0 aliphatic carbocycles. The highest BCUT2D eigenvalue weighted by Gasteiger charge is 2.22. The third-order valence-corrected chi connectivity index (χ3v) is 3.57. The van der Waals surface area contributed by atoms with Gasteiger partial charge in [-0.1, -0.05) is 30.3 Å². The summed E-state index contributed by atoms with van der Waals surface area (Å²) in [5, 5.41) is 18.9. The Hall–Kier alpha value is -3.28. The molecule has 0 aliphatic heterocycles. The minimum Gasteiger partial charge on any atom is -0.479 e. The maximum atomic E-state index is 11.7. The van der Waals surface area contributed by atoms with Crippen molar-refractivity contribution in [2.75, 3.05) is 0 Å². The van der Waals surface area contributed by atoms with Gasteiger partial charge in [0.05, 0.1) is 0 Å². The van der Waals surface area contributed by atoms with E-state index in [0.717, 1.165) is 0 Å². The number of hydrogen-bond donors (Lipinski definition) is 2. The summed E-state index contributed by atoms with van der Waals surface area (Å²) in [5.41, 5.74) is 1.05. The Morgan fingerprint density at radius 1 is 1.08 bits per heavy atom. The fourth-order valence-corrected chi connectivity index (χ4v) is 2.41. The van der Waals surface area contributed by atoms with Gasteiger partial charge in [0, 0.05) is 10.9 Å². The lowest BCUT2D eigenvalue weighted by Crippen LogP contribution is -2.22. The van der Waals surface area contributed by atoms with Crippen molar-refractivity contribution >= 4 is 22.9 Å². The van der Waals surface area contributed by atoms with Crippen LogP contribution in [0, 0.1) is 0 Å². The second kappa shape index (κ2) is 6.08. The lowest BCUT2D eigenvalue weighted by molar-refractivity contribution is -0.144. The molecule has 0 aliphatic rings. The van der Waals surface area contributed by atoms with Gasteiger partial charge >= 0.3 is 11.9 Å².